The van der Waals surface area contributed by atoms with Crippen LogP contribution in [-0.2, 0) is 72.0 Å². The van der Waals surface area contributed by atoms with Crippen LogP contribution in [0.5, 0.6) is 17.2 Å². The van der Waals surface area contributed by atoms with E-state index in [1.165, 1.54) is 72.8 Å². The van der Waals surface area contributed by atoms with E-state index >= 15 is 0 Å². The van der Waals surface area contributed by atoms with Gasteiger partial charge in [-0.1, -0.05) is 76.9 Å². The van der Waals surface area contributed by atoms with Crippen molar-refractivity contribution in [1.29, 1.82) is 0 Å². The number of aromatic hydroxyl groups is 3. The van der Waals surface area contributed by atoms with Crippen LogP contribution in [0.15, 0.2) is 72.8 Å². The molecule has 7 amide bonds. The molecule has 0 saturated heterocycles. The van der Waals surface area contributed by atoms with Crippen LogP contribution in [-0.4, -0.2) is 149 Å². The number of carboxylic acid groups (broad SMARTS) is 4. The van der Waals surface area contributed by atoms with E-state index in [2.05, 4.69) is 37.2 Å². The topological polar surface area (TPSA) is 440 Å². The monoisotopic (exact) mass is 1110 g/mol. The standard InChI is InChI=1S/C53H70N8O18/c1-5-27(3)44(51(76)56-37(53(78)79)20-22-42(67)68)61-50(75)39(25-31-11-17-34(64)18-12-31)57-49(74)40(26-43(69)70)58-48(73)38(24-30-9-15-33(63)16-10-30)59-52(77)45(28(4)6-2)60-47(72)36(19-21-41(65)66)55-46(71)35(54)23-29-7-13-32(62)14-8-29/h7-18,27-28,35-40,44-45,62-64H,5-6,19-26,54H2,1-4H3,(H,55,71)(H,56,76)(H,57,74)(H,58,73)(H,59,77)(H,60,72)(H,61,75)(H,65,66)(H,67,68)(H,69,70)(H,78,79)/t27-,28-,35-,36-,37-,38-,39-,40-,44-,45-/m0/s1. The fourth-order valence-corrected chi connectivity index (χ4v) is 7.84. The van der Waals surface area contributed by atoms with Crippen molar-refractivity contribution in [3.8, 4) is 17.2 Å². The molecule has 0 bridgehead atoms. The SMILES string of the molecule is CC[C@H](C)[C@H](NC(=O)[C@H](Cc1ccc(O)cc1)NC(=O)[C@H](CC(=O)O)NC(=O)[C@H](Cc1ccc(O)cc1)NC(=O)[C@@H](NC(=O)[C@H](CCC(=O)O)NC(=O)[C@@H](N)Cc1ccc(O)cc1)[C@@H](C)CC)C(=O)N[C@@H](CCC(=O)O)C(=O)O. The highest BCUT2D eigenvalue weighted by Crippen LogP contribution is 2.18. The number of carbonyl (C=O) groups excluding carboxylic acids is 7. The van der Waals surface area contributed by atoms with Gasteiger partial charge in [0.1, 0.15) is 59.5 Å². The largest absolute Gasteiger partial charge is 0.508 e. The summed E-state index contributed by atoms with van der Waals surface area (Å²) in [5, 5.41) is 84.9. The predicted octanol–water partition coefficient (Wildman–Crippen LogP) is -0.0667. The fourth-order valence-electron chi connectivity index (χ4n) is 7.84. The highest BCUT2D eigenvalue weighted by molar-refractivity contribution is 5.99. The molecule has 0 saturated carbocycles. The first-order chi connectivity index (χ1) is 37.2. The summed E-state index contributed by atoms with van der Waals surface area (Å²) in [5.41, 5.74) is 7.34. The summed E-state index contributed by atoms with van der Waals surface area (Å²) in [6, 6.07) is 3.72. The van der Waals surface area contributed by atoms with Crippen molar-refractivity contribution in [2.75, 3.05) is 0 Å². The zero-order valence-corrected chi connectivity index (χ0v) is 44.0. The highest BCUT2D eigenvalue weighted by atomic mass is 16.4. The Morgan fingerprint density at radius 1 is 0.405 bits per heavy atom. The number of nitrogens with two attached hydrogens (primary N) is 1. The van der Waals surface area contributed by atoms with Gasteiger partial charge < -0.3 is 78.7 Å². The number of hydrogen-bond donors (Lipinski definition) is 15. The third-order valence-corrected chi connectivity index (χ3v) is 12.9. The average molecular weight is 1110 g/mol. The van der Waals surface area contributed by atoms with Gasteiger partial charge in [-0.3, -0.25) is 47.9 Å². The van der Waals surface area contributed by atoms with Gasteiger partial charge in [-0.2, -0.15) is 0 Å². The fraction of sp³-hybridized carbons (Fsp3) is 0.453. The number of benzene rings is 3. The van der Waals surface area contributed by atoms with Crippen molar-refractivity contribution in [2.24, 2.45) is 17.6 Å². The van der Waals surface area contributed by atoms with Crippen molar-refractivity contribution in [2.45, 2.75) is 140 Å². The molecule has 0 aliphatic heterocycles. The Labute approximate surface area is 454 Å². The minimum atomic E-state index is -2.00. The molecule has 79 heavy (non-hydrogen) atoms. The van der Waals surface area contributed by atoms with E-state index in [1.54, 1.807) is 27.7 Å². The van der Waals surface area contributed by atoms with E-state index in [0.29, 0.717) is 16.7 Å². The number of phenolic OH excluding ortho intramolecular Hbond substituents is 3. The van der Waals surface area contributed by atoms with E-state index in [4.69, 9.17) is 10.8 Å². The molecule has 430 valence electrons. The molecule has 0 aromatic heterocycles. The quantitative estimate of drug-likeness (QED) is 0.0380. The van der Waals surface area contributed by atoms with Gasteiger partial charge in [-0.25, -0.2) is 4.79 Å². The Kier molecular flexibility index (Phi) is 25.6. The number of carboxylic acids is 4. The van der Waals surface area contributed by atoms with Gasteiger partial charge in [0.15, 0.2) is 0 Å². The minimum absolute atomic E-state index is 0.0329. The van der Waals surface area contributed by atoms with Crippen LogP contribution in [0, 0.1) is 11.8 Å². The predicted molar refractivity (Wildman–Crippen MR) is 279 cm³/mol. The van der Waals surface area contributed by atoms with E-state index < -0.39 is 158 Å². The molecule has 0 heterocycles. The van der Waals surface area contributed by atoms with Gasteiger partial charge in [0.25, 0.3) is 0 Å². The van der Waals surface area contributed by atoms with Crippen molar-refractivity contribution < 1.29 is 88.5 Å². The smallest absolute Gasteiger partial charge is 0.326 e. The lowest BCUT2D eigenvalue weighted by molar-refractivity contribution is -0.144. The van der Waals surface area contributed by atoms with Crippen molar-refractivity contribution in [1.82, 2.24) is 37.2 Å². The van der Waals surface area contributed by atoms with Crippen LogP contribution in [0.1, 0.15) is 89.3 Å². The van der Waals surface area contributed by atoms with Gasteiger partial charge >= 0.3 is 23.9 Å². The molecule has 26 heteroatoms. The summed E-state index contributed by atoms with van der Waals surface area (Å²) in [4.78, 5) is 145. The first-order valence-electron chi connectivity index (χ1n) is 25.3. The number of phenols is 3. The molecule has 26 nitrogen and oxygen atoms in total. The molecule has 3 aromatic carbocycles. The summed E-state index contributed by atoms with van der Waals surface area (Å²) in [6.07, 6.45) is -3.58. The first kappa shape index (κ1) is 64.5. The molecule has 16 N–H and O–H groups in total. The minimum Gasteiger partial charge on any atom is -0.508 e. The number of hydrogen-bond acceptors (Lipinski definition) is 15. The lowest BCUT2D eigenvalue weighted by Crippen LogP contribution is -2.62. The molecule has 0 unspecified atom stereocenters. The maximum absolute atomic E-state index is 14.4. The van der Waals surface area contributed by atoms with Crippen LogP contribution >= 0.6 is 0 Å². The molecule has 3 rings (SSSR count). The van der Waals surface area contributed by atoms with Gasteiger partial charge in [0.05, 0.1) is 12.5 Å². The van der Waals surface area contributed by atoms with Gasteiger partial charge in [0, 0.05) is 25.7 Å². The van der Waals surface area contributed by atoms with Crippen LogP contribution in [0.25, 0.3) is 0 Å². The average Bonchev–Trinajstić information content (AvgIpc) is 3.40. The molecule has 0 fully saturated rings. The van der Waals surface area contributed by atoms with Crippen LogP contribution < -0.4 is 43.0 Å². The summed E-state index contributed by atoms with van der Waals surface area (Å²) >= 11 is 0. The summed E-state index contributed by atoms with van der Waals surface area (Å²) in [7, 11) is 0. The van der Waals surface area contributed by atoms with Gasteiger partial charge in [-0.05, 0) is 84.2 Å². The van der Waals surface area contributed by atoms with Crippen molar-refractivity contribution in [3.05, 3.63) is 89.5 Å². The lowest BCUT2D eigenvalue weighted by atomic mass is 9.96. The van der Waals surface area contributed by atoms with Crippen molar-refractivity contribution in [3.63, 3.8) is 0 Å². The second kappa shape index (κ2) is 31.4. The van der Waals surface area contributed by atoms with Crippen LogP contribution in [0.4, 0.5) is 0 Å². The normalized spacial score (nSPS) is 14.8. The molecule has 0 aliphatic carbocycles. The molecule has 0 aliphatic rings. The Bertz CT molecular complexity index is 2620. The number of aliphatic carboxylic acids is 4. The molecule has 0 radical (unpaired) electrons. The Morgan fingerprint density at radius 2 is 0.722 bits per heavy atom. The first-order valence-corrected chi connectivity index (χ1v) is 25.3. The van der Waals surface area contributed by atoms with Crippen molar-refractivity contribution >= 4 is 65.2 Å². The molecular weight excluding hydrogens is 1040 g/mol. The summed E-state index contributed by atoms with van der Waals surface area (Å²) in [6.45, 7) is 6.46. The number of rotatable bonds is 33. The van der Waals surface area contributed by atoms with Crippen LogP contribution in [0.2, 0.25) is 0 Å². The third-order valence-electron chi connectivity index (χ3n) is 12.9. The third kappa shape index (κ3) is 22.0. The maximum Gasteiger partial charge on any atom is 0.326 e. The lowest BCUT2D eigenvalue weighted by Gasteiger charge is -2.30. The zero-order chi connectivity index (χ0) is 59.1. The maximum atomic E-state index is 14.4. The highest BCUT2D eigenvalue weighted by Gasteiger charge is 2.37. The second-order valence-corrected chi connectivity index (χ2v) is 19.1. The zero-order valence-electron chi connectivity index (χ0n) is 44.0. The Balaban J connectivity index is 1.98. The molecule has 10 atom stereocenters. The Morgan fingerprint density at radius 3 is 1.10 bits per heavy atom. The van der Waals surface area contributed by atoms with Gasteiger partial charge in [-0.15, -0.1) is 0 Å². The molecular formula is C53H70N8O18. The second-order valence-electron chi connectivity index (χ2n) is 19.1. The molecule has 3 aromatic rings. The van der Waals surface area contributed by atoms with E-state index in [0.717, 1.165) is 0 Å². The van der Waals surface area contributed by atoms with E-state index in [-0.39, 0.29) is 49.4 Å². The number of amides is 7. The molecule has 0 spiro atoms. The Hall–Kier alpha value is -8.81. The summed E-state index contributed by atoms with van der Waals surface area (Å²) in [5.74, 6) is -14.9. The summed E-state index contributed by atoms with van der Waals surface area (Å²) < 4.78 is 0. The number of carbonyl (C=O) groups is 11. The number of nitrogens with one attached hydrogen (secondary N) is 7. The van der Waals surface area contributed by atoms with Crippen LogP contribution in [0.3, 0.4) is 0 Å². The van der Waals surface area contributed by atoms with E-state index in [9.17, 15) is 83.4 Å². The van der Waals surface area contributed by atoms with Gasteiger partial charge in [0.2, 0.25) is 41.4 Å². The van der Waals surface area contributed by atoms with E-state index in [1.807, 2.05) is 0 Å².